The van der Waals surface area contributed by atoms with E-state index in [-0.39, 0.29) is 11.9 Å². The van der Waals surface area contributed by atoms with Crippen LogP contribution in [0.15, 0.2) is 24.3 Å². The zero-order valence-electron chi connectivity index (χ0n) is 15.9. The first kappa shape index (κ1) is 21.5. The SMILES string of the molecule is COC(=O)CCCCCNC(=O)c1ccccc1NC(=O)OC(C)(C)C. The summed E-state index contributed by atoms with van der Waals surface area (Å²) in [4.78, 5) is 35.3. The molecular weight excluding hydrogens is 336 g/mol. The number of carbonyl (C=O) groups excluding carboxylic acids is 3. The molecule has 0 atom stereocenters. The van der Waals surface area contributed by atoms with Crippen LogP contribution in [0.5, 0.6) is 0 Å². The second-order valence-corrected chi connectivity index (χ2v) is 6.82. The number of nitrogens with one attached hydrogen (secondary N) is 2. The Kier molecular flexibility index (Phi) is 8.61. The second-order valence-electron chi connectivity index (χ2n) is 6.82. The fourth-order valence-corrected chi connectivity index (χ4v) is 2.17. The molecule has 0 bridgehead atoms. The van der Waals surface area contributed by atoms with Gasteiger partial charge in [-0.05, 0) is 45.7 Å². The Balaban J connectivity index is 2.49. The van der Waals surface area contributed by atoms with Crippen LogP contribution in [-0.4, -0.2) is 37.2 Å². The molecule has 0 radical (unpaired) electrons. The summed E-state index contributed by atoms with van der Waals surface area (Å²) in [7, 11) is 1.37. The molecule has 0 saturated heterocycles. The molecule has 1 aromatic carbocycles. The van der Waals surface area contributed by atoms with Gasteiger partial charge in [0.05, 0.1) is 18.4 Å². The highest BCUT2D eigenvalue weighted by atomic mass is 16.6. The highest BCUT2D eigenvalue weighted by Gasteiger charge is 2.18. The van der Waals surface area contributed by atoms with Crippen LogP contribution in [0, 0.1) is 0 Å². The van der Waals surface area contributed by atoms with E-state index >= 15 is 0 Å². The van der Waals surface area contributed by atoms with Gasteiger partial charge in [-0.1, -0.05) is 18.6 Å². The van der Waals surface area contributed by atoms with E-state index in [9.17, 15) is 14.4 Å². The lowest BCUT2D eigenvalue weighted by molar-refractivity contribution is -0.140. The van der Waals surface area contributed by atoms with Gasteiger partial charge in [0.25, 0.3) is 5.91 Å². The molecule has 2 N–H and O–H groups in total. The number of hydrogen-bond acceptors (Lipinski definition) is 5. The molecule has 0 unspecified atom stereocenters. The molecule has 0 heterocycles. The number of amides is 2. The number of hydrogen-bond donors (Lipinski definition) is 2. The van der Waals surface area contributed by atoms with Crippen LogP contribution in [0.1, 0.15) is 56.8 Å². The summed E-state index contributed by atoms with van der Waals surface area (Å²) in [6.07, 6.45) is 2.06. The van der Waals surface area contributed by atoms with Crippen LogP contribution in [0.4, 0.5) is 10.5 Å². The number of para-hydroxylation sites is 1. The van der Waals surface area contributed by atoms with E-state index < -0.39 is 11.7 Å². The number of methoxy groups -OCH3 is 1. The summed E-state index contributed by atoms with van der Waals surface area (Å²) in [5, 5.41) is 5.42. The highest BCUT2D eigenvalue weighted by molar-refractivity contribution is 6.02. The molecule has 0 aliphatic heterocycles. The molecule has 0 aliphatic rings. The third kappa shape index (κ3) is 8.50. The van der Waals surface area contributed by atoms with Gasteiger partial charge in [0.15, 0.2) is 0 Å². The lowest BCUT2D eigenvalue weighted by atomic mass is 10.1. The van der Waals surface area contributed by atoms with Crippen molar-refractivity contribution in [3.63, 3.8) is 0 Å². The lowest BCUT2D eigenvalue weighted by Crippen LogP contribution is -2.29. The zero-order valence-corrected chi connectivity index (χ0v) is 15.9. The third-order valence-corrected chi connectivity index (χ3v) is 3.38. The van der Waals surface area contributed by atoms with E-state index in [2.05, 4.69) is 15.4 Å². The molecule has 0 saturated carbocycles. The van der Waals surface area contributed by atoms with E-state index in [1.807, 2.05) is 0 Å². The summed E-state index contributed by atoms with van der Waals surface area (Å²) in [5.74, 6) is -0.499. The van der Waals surface area contributed by atoms with Gasteiger partial charge in [-0.2, -0.15) is 0 Å². The van der Waals surface area contributed by atoms with Crippen molar-refractivity contribution in [2.45, 2.75) is 52.1 Å². The molecule has 0 fully saturated rings. The number of ether oxygens (including phenoxy) is 2. The Bertz CT molecular complexity index is 623. The van der Waals surface area contributed by atoms with E-state index in [1.165, 1.54) is 7.11 Å². The number of anilines is 1. The van der Waals surface area contributed by atoms with Gasteiger partial charge in [-0.15, -0.1) is 0 Å². The van der Waals surface area contributed by atoms with Crippen LogP contribution < -0.4 is 10.6 Å². The van der Waals surface area contributed by atoms with Crippen molar-refractivity contribution >= 4 is 23.7 Å². The molecule has 1 aromatic rings. The first-order valence-electron chi connectivity index (χ1n) is 8.67. The Morgan fingerprint density at radius 1 is 1.04 bits per heavy atom. The number of benzene rings is 1. The second kappa shape index (κ2) is 10.4. The van der Waals surface area contributed by atoms with Crippen molar-refractivity contribution in [3.05, 3.63) is 29.8 Å². The van der Waals surface area contributed by atoms with Crippen molar-refractivity contribution < 1.29 is 23.9 Å². The molecule has 2 amide bonds. The molecule has 0 aromatic heterocycles. The number of esters is 1. The predicted octanol–water partition coefficient (Wildman–Crippen LogP) is 3.50. The van der Waals surface area contributed by atoms with Gasteiger partial charge in [-0.25, -0.2) is 4.79 Å². The molecule has 144 valence electrons. The average molecular weight is 364 g/mol. The first-order valence-corrected chi connectivity index (χ1v) is 8.67. The standard InChI is InChI=1S/C19H28N2O5/c1-19(2,3)26-18(24)21-15-11-8-7-10-14(15)17(23)20-13-9-5-6-12-16(22)25-4/h7-8,10-11H,5-6,9,12-13H2,1-4H3,(H,20,23)(H,21,24). The minimum absolute atomic E-state index is 0.226. The van der Waals surface area contributed by atoms with Crippen LogP contribution in [0.3, 0.4) is 0 Å². The quantitative estimate of drug-likeness (QED) is 0.544. The van der Waals surface area contributed by atoms with Crippen molar-refractivity contribution in [2.24, 2.45) is 0 Å². The topological polar surface area (TPSA) is 93.7 Å². The monoisotopic (exact) mass is 364 g/mol. The molecule has 7 nitrogen and oxygen atoms in total. The summed E-state index contributed by atoms with van der Waals surface area (Å²) in [6, 6.07) is 6.75. The number of carbonyl (C=O) groups is 3. The Labute approximate surface area is 154 Å². The summed E-state index contributed by atoms with van der Waals surface area (Å²) >= 11 is 0. The minimum Gasteiger partial charge on any atom is -0.469 e. The molecule has 0 aliphatic carbocycles. The van der Waals surface area contributed by atoms with Crippen molar-refractivity contribution in [1.29, 1.82) is 0 Å². The largest absolute Gasteiger partial charge is 0.469 e. The summed E-state index contributed by atoms with van der Waals surface area (Å²) < 4.78 is 9.79. The molecule has 26 heavy (non-hydrogen) atoms. The van der Waals surface area contributed by atoms with Crippen LogP contribution in [0.25, 0.3) is 0 Å². The lowest BCUT2D eigenvalue weighted by Gasteiger charge is -2.20. The van der Waals surface area contributed by atoms with Crippen LogP contribution >= 0.6 is 0 Å². The summed E-state index contributed by atoms with van der Waals surface area (Å²) in [5.41, 5.74) is 0.142. The molecular formula is C19H28N2O5. The van der Waals surface area contributed by atoms with E-state index in [1.54, 1.807) is 45.0 Å². The van der Waals surface area contributed by atoms with Gasteiger partial charge < -0.3 is 14.8 Å². The van der Waals surface area contributed by atoms with Gasteiger partial charge in [0.1, 0.15) is 5.60 Å². The smallest absolute Gasteiger partial charge is 0.412 e. The maximum Gasteiger partial charge on any atom is 0.412 e. The molecule has 0 spiro atoms. The Morgan fingerprint density at radius 2 is 1.73 bits per heavy atom. The average Bonchev–Trinajstić information content (AvgIpc) is 2.56. The third-order valence-electron chi connectivity index (χ3n) is 3.38. The zero-order chi connectivity index (χ0) is 19.6. The first-order chi connectivity index (χ1) is 12.2. The Morgan fingerprint density at radius 3 is 2.38 bits per heavy atom. The minimum atomic E-state index is -0.620. The van der Waals surface area contributed by atoms with Gasteiger partial charge in [-0.3, -0.25) is 14.9 Å². The fraction of sp³-hybridized carbons (Fsp3) is 0.526. The number of rotatable bonds is 8. The van der Waals surface area contributed by atoms with E-state index in [4.69, 9.17) is 4.74 Å². The Hall–Kier alpha value is -2.57. The maximum atomic E-state index is 12.3. The van der Waals surface area contributed by atoms with Gasteiger partial charge in [0.2, 0.25) is 0 Å². The van der Waals surface area contributed by atoms with E-state index in [0.717, 1.165) is 19.3 Å². The highest BCUT2D eigenvalue weighted by Crippen LogP contribution is 2.17. The van der Waals surface area contributed by atoms with Gasteiger partial charge in [0, 0.05) is 13.0 Å². The van der Waals surface area contributed by atoms with Crippen molar-refractivity contribution in [1.82, 2.24) is 5.32 Å². The van der Waals surface area contributed by atoms with E-state index in [0.29, 0.717) is 24.2 Å². The fourth-order valence-electron chi connectivity index (χ4n) is 2.17. The van der Waals surface area contributed by atoms with Crippen molar-refractivity contribution in [3.8, 4) is 0 Å². The van der Waals surface area contributed by atoms with Crippen molar-refractivity contribution in [2.75, 3.05) is 19.0 Å². The molecule has 7 heteroatoms. The maximum absolute atomic E-state index is 12.3. The predicted molar refractivity (Wildman–Crippen MR) is 99.1 cm³/mol. The molecule has 1 rings (SSSR count). The van der Waals surface area contributed by atoms with Gasteiger partial charge >= 0.3 is 12.1 Å². The normalized spacial score (nSPS) is 10.8. The number of unbranched alkanes of at least 4 members (excludes halogenated alkanes) is 2. The van der Waals surface area contributed by atoms with Crippen LogP contribution in [0.2, 0.25) is 0 Å². The van der Waals surface area contributed by atoms with Crippen LogP contribution in [-0.2, 0) is 14.3 Å². The summed E-state index contributed by atoms with van der Waals surface area (Å²) in [6.45, 7) is 5.79.